The van der Waals surface area contributed by atoms with Crippen LogP contribution < -0.4 is 0 Å². The van der Waals surface area contributed by atoms with Gasteiger partial charge in [-0.1, -0.05) is 63.3 Å². The molecule has 0 spiro atoms. The van der Waals surface area contributed by atoms with Gasteiger partial charge in [0, 0.05) is 5.56 Å². The normalized spacial score (nSPS) is 10.8. The molecule has 102 valence electrons. The Bertz CT molecular complexity index is 448. The third-order valence-electron chi connectivity index (χ3n) is 3.39. The summed E-state index contributed by atoms with van der Waals surface area (Å²) >= 11 is 0. The van der Waals surface area contributed by atoms with Crippen molar-refractivity contribution in [3.63, 3.8) is 0 Å². The molecule has 0 aliphatic carbocycles. The van der Waals surface area contributed by atoms with Crippen molar-refractivity contribution in [1.29, 1.82) is 0 Å². The molecule has 0 bridgehead atoms. The van der Waals surface area contributed by atoms with Crippen molar-refractivity contribution in [2.45, 2.75) is 51.9 Å². The van der Waals surface area contributed by atoms with Crippen molar-refractivity contribution < 1.29 is 0 Å². The Kier molecular flexibility index (Phi) is 5.53. The van der Waals surface area contributed by atoms with Gasteiger partial charge in [-0.3, -0.25) is 0 Å². The second-order valence-electron chi connectivity index (χ2n) is 4.96. The summed E-state index contributed by atoms with van der Waals surface area (Å²) in [4.78, 5) is 0. The molecule has 0 fully saturated rings. The lowest BCUT2D eigenvalue weighted by Gasteiger charge is -2.03. The molecule has 1 N–H and O–H groups in total. The number of aryl methyl sites for hydroxylation is 1. The van der Waals surface area contributed by atoms with Gasteiger partial charge in [0.05, 0.1) is 0 Å². The molecular formula is C15H22N4. The third kappa shape index (κ3) is 4.47. The molecule has 4 nitrogen and oxygen atoms in total. The fourth-order valence-electron chi connectivity index (χ4n) is 2.22. The van der Waals surface area contributed by atoms with Crippen LogP contribution in [0.15, 0.2) is 24.3 Å². The first-order valence-corrected chi connectivity index (χ1v) is 7.23. The van der Waals surface area contributed by atoms with Gasteiger partial charge in [-0.2, -0.15) is 0 Å². The van der Waals surface area contributed by atoms with Crippen LogP contribution in [0.4, 0.5) is 0 Å². The van der Waals surface area contributed by atoms with Gasteiger partial charge in [-0.25, -0.2) is 5.10 Å². The summed E-state index contributed by atoms with van der Waals surface area (Å²) in [6.45, 7) is 2.26. The van der Waals surface area contributed by atoms with Crippen LogP contribution in [0.2, 0.25) is 0 Å². The van der Waals surface area contributed by atoms with Crippen LogP contribution >= 0.6 is 0 Å². The van der Waals surface area contributed by atoms with Gasteiger partial charge in [-0.05, 0) is 28.8 Å². The zero-order valence-corrected chi connectivity index (χ0v) is 11.6. The number of unbranched alkanes of at least 4 members (excludes halogenated alkanes) is 5. The Morgan fingerprint density at radius 2 is 1.68 bits per heavy atom. The van der Waals surface area contributed by atoms with Crippen molar-refractivity contribution in [2.24, 2.45) is 0 Å². The highest BCUT2D eigenvalue weighted by atomic mass is 15.5. The molecule has 0 atom stereocenters. The molecule has 0 amide bonds. The first-order chi connectivity index (χ1) is 9.40. The molecule has 1 heterocycles. The summed E-state index contributed by atoms with van der Waals surface area (Å²) in [6.07, 6.45) is 9.24. The summed E-state index contributed by atoms with van der Waals surface area (Å²) in [7, 11) is 0. The largest absolute Gasteiger partial charge is 0.239 e. The first-order valence-electron chi connectivity index (χ1n) is 7.23. The van der Waals surface area contributed by atoms with Crippen molar-refractivity contribution >= 4 is 0 Å². The molecule has 4 heteroatoms. The highest BCUT2D eigenvalue weighted by molar-refractivity contribution is 5.54. The number of nitrogens with one attached hydrogen (secondary N) is 1. The van der Waals surface area contributed by atoms with Gasteiger partial charge in [0.15, 0.2) is 5.82 Å². The van der Waals surface area contributed by atoms with Gasteiger partial charge < -0.3 is 0 Å². The van der Waals surface area contributed by atoms with E-state index in [1.165, 1.54) is 50.5 Å². The molecule has 0 saturated carbocycles. The van der Waals surface area contributed by atoms with Crippen LogP contribution in [0.25, 0.3) is 11.4 Å². The van der Waals surface area contributed by atoms with Crippen molar-refractivity contribution in [3.05, 3.63) is 29.8 Å². The summed E-state index contributed by atoms with van der Waals surface area (Å²) < 4.78 is 0. The van der Waals surface area contributed by atoms with Crippen molar-refractivity contribution in [1.82, 2.24) is 20.6 Å². The lowest BCUT2D eigenvalue weighted by Crippen LogP contribution is -1.87. The lowest BCUT2D eigenvalue weighted by molar-refractivity contribution is 0.607. The third-order valence-corrected chi connectivity index (χ3v) is 3.39. The predicted octanol–water partition coefficient (Wildman–Crippen LogP) is 3.77. The number of hydrogen-bond acceptors (Lipinski definition) is 3. The summed E-state index contributed by atoms with van der Waals surface area (Å²) in [6, 6.07) is 8.50. The first kappa shape index (κ1) is 13.7. The summed E-state index contributed by atoms with van der Waals surface area (Å²) in [5.41, 5.74) is 2.43. The van der Waals surface area contributed by atoms with E-state index in [9.17, 15) is 0 Å². The van der Waals surface area contributed by atoms with Crippen molar-refractivity contribution in [2.75, 3.05) is 0 Å². The smallest absolute Gasteiger partial charge is 0.179 e. The predicted molar refractivity (Wildman–Crippen MR) is 76.7 cm³/mol. The Balaban J connectivity index is 1.73. The van der Waals surface area contributed by atoms with Crippen LogP contribution in [-0.4, -0.2) is 20.6 Å². The number of tetrazole rings is 1. The lowest BCUT2D eigenvalue weighted by atomic mass is 10.0. The number of aromatic amines is 1. The average molecular weight is 258 g/mol. The molecule has 0 aliphatic rings. The van der Waals surface area contributed by atoms with Crippen molar-refractivity contribution in [3.8, 4) is 11.4 Å². The van der Waals surface area contributed by atoms with Crippen LogP contribution in [0, 0.1) is 0 Å². The molecule has 1 aromatic carbocycles. The SMILES string of the molecule is CCCCCCCCc1ccc(-c2nnn[nH]2)cc1. The Morgan fingerprint density at radius 3 is 2.37 bits per heavy atom. The zero-order chi connectivity index (χ0) is 13.3. The van der Waals surface area contributed by atoms with E-state index in [0.29, 0.717) is 0 Å². The quantitative estimate of drug-likeness (QED) is 0.733. The molecule has 0 saturated heterocycles. The molecule has 19 heavy (non-hydrogen) atoms. The van der Waals surface area contributed by atoms with E-state index in [1.54, 1.807) is 0 Å². The van der Waals surface area contributed by atoms with Gasteiger partial charge in [0.1, 0.15) is 0 Å². The van der Waals surface area contributed by atoms with Gasteiger partial charge in [0.2, 0.25) is 0 Å². The molecule has 1 aromatic heterocycles. The number of nitrogens with zero attached hydrogens (tertiary/aromatic N) is 3. The van der Waals surface area contributed by atoms with Gasteiger partial charge in [0.25, 0.3) is 0 Å². The van der Waals surface area contributed by atoms with Crippen LogP contribution in [0.1, 0.15) is 51.0 Å². The molecule has 0 unspecified atom stereocenters. The fraction of sp³-hybridized carbons (Fsp3) is 0.533. The summed E-state index contributed by atoms with van der Waals surface area (Å²) in [5, 5.41) is 13.8. The van der Waals surface area contributed by atoms with Gasteiger partial charge in [-0.15, -0.1) is 5.10 Å². The molecular weight excluding hydrogens is 236 g/mol. The summed E-state index contributed by atoms with van der Waals surface area (Å²) in [5.74, 6) is 0.728. The number of H-pyrrole nitrogens is 1. The average Bonchev–Trinajstić information content (AvgIpc) is 2.97. The van der Waals surface area contributed by atoms with E-state index in [4.69, 9.17) is 0 Å². The van der Waals surface area contributed by atoms with Crippen LogP contribution in [0.5, 0.6) is 0 Å². The Labute approximate surface area is 114 Å². The maximum Gasteiger partial charge on any atom is 0.179 e. The molecule has 0 radical (unpaired) electrons. The minimum Gasteiger partial charge on any atom is -0.239 e. The second-order valence-corrected chi connectivity index (χ2v) is 4.96. The zero-order valence-electron chi connectivity index (χ0n) is 11.6. The second kappa shape index (κ2) is 7.67. The number of benzene rings is 1. The number of rotatable bonds is 8. The highest BCUT2D eigenvalue weighted by Crippen LogP contribution is 2.16. The minimum atomic E-state index is 0.728. The Morgan fingerprint density at radius 1 is 0.947 bits per heavy atom. The highest BCUT2D eigenvalue weighted by Gasteiger charge is 2.01. The topological polar surface area (TPSA) is 54.5 Å². The monoisotopic (exact) mass is 258 g/mol. The molecule has 2 rings (SSSR count). The van der Waals surface area contributed by atoms with Gasteiger partial charge >= 0.3 is 0 Å². The Hall–Kier alpha value is -1.71. The molecule has 2 aromatic rings. The van der Waals surface area contributed by atoms with E-state index in [0.717, 1.165) is 11.4 Å². The fourth-order valence-corrected chi connectivity index (χ4v) is 2.22. The maximum atomic E-state index is 3.90. The number of aromatic nitrogens is 4. The minimum absolute atomic E-state index is 0.728. The standard InChI is InChI=1S/C15H22N4/c1-2-3-4-5-6-7-8-13-9-11-14(12-10-13)15-16-18-19-17-15/h9-12H,2-8H2,1H3,(H,16,17,18,19). The molecule has 0 aliphatic heterocycles. The van der Waals surface area contributed by atoms with E-state index >= 15 is 0 Å². The number of hydrogen-bond donors (Lipinski definition) is 1. The van der Waals surface area contributed by atoms with E-state index in [1.807, 2.05) is 0 Å². The van der Waals surface area contributed by atoms with Crippen LogP contribution in [-0.2, 0) is 6.42 Å². The van der Waals surface area contributed by atoms with E-state index < -0.39 is 0 Å². The van der Waals surface area contributed by atoms with E-state index in [-0.39, 0.29) is 0 Å². The maximum absolute atomic E-state index is 3.90. The van der Waals surface area contributed by atoms with E-state index in [2.05, 4.69) is 51.8 Å². The van der Waals surface area contributed by atoms with Crippen LogP contribution in [0.3, 0.4) is 0 Å².